The predicted octanol–water partition coefficient (Wildman–Crippen LogP) is 3.04. The molecule has 128 valence electrons. The lowest BCUT2D eigenvalue weighted by Gasteiger charge is -2.27. The number of aliphatic hydroxyl groups excluding tert-OH is 1. The highest BCUT2D eigenvalue weighted by Crippen LogP contribution is 2.25. The molecule has 2 rings (SSSR count). The number of hydrogen-bond donors (Lipinski definition) is 3. The van der Waals surface area contributed by atoms with E-state index in [9.17, 15) is 15.0 Å². The highest BCUT2D eigenvalue weighted by molar-refractivity contribution is 6.30. The highest BCUT2D eigenvalue weighted by Gasteiger charge is 2.31. The van der Waals surface area contributed by atoms with Gasteiger partial charge in [-0.1, -0.05) is 35.9 Å². The van der Waals surface area contributed by atoms with Crippen LogP contribution in [0.3, 0.4) is 0 Å². The van der Waals surface area contributed by atoms with Gasteiger partial charge in [0.2, 0.25) is 5.91 Å². The van der Waals surface area contributed by atoms with E-state index in [1.54, 1.807) is 36.4 Å². The van der Waals surface area contributed by atoms with Crippen molar-refractivity contribution in [3.05, 3.63) is 64.7 Å². The number of aliphatic hydroxyl groups is 1. The minimum Gasteiger partial charge on any atom is -0.508 e. The molecule has 0 heterocycles. The molecule has 1 atom stereocenters. The lowest BCUT2D eigenvalue weighted by molar-refractivity contribution is -0.126. The average Bonchev–Trinajstić information content (AvgIpc) is 2.56. The van der Waals surface area contributed by atoms with Crippen LogP contribution in [0.1, 0.15) is 25.0 Å². The first-order chi connectivity index (χ1) is 11.3. The normalized spacial score (nSPS) is 12.7. The van der Waals surface area contributed by atoms with Gasteiger partial charge in [-0.25, -0.2) is 0 Å². The van der Waals surface area contributed by atoms with E-state index in [-0.39, 0.29) is 18.3 Å². The van der Waals surface area contributed by atoms with Crippen LogP contribution in [0, 0.1) is 0 Å². The number of halogens is 1. The van der Waals surface area contributed by atoms with Gasteiger partial charge < -0.3 is 15.5 Å². The molecule has 3 N–H and O–H groups in total. The smallest absolute Gasteiger partial charge is 0.230 e. The molecule has 0 radical (unpaired) electrons. The van der Waals surface area contributed by atoms with Gasteiger partial charge in [0.05, 0.1) is 18.1 Å². The average molecular weight is 348 g/mol. The molecule has 0 aliphatic carbocycles. The molecule has 4 nitrogen and oxygen atoms in total. The Hall–Kier alpha value is -2.04. The zero-order chi connectivity index (χ0) is 17.7. The summed E-state index contributed by atoms with van der Waals surface area (Å²) in [5.41, 5.74) is 1.04. The van der Waals surface area contributed by atoms with E-state index in [0.29, 0.717) is 11.4 Å². The van der Waals surface area contributed by atoms with E-state index in [1.165, 1.54) is 0 Å². The largest absolute Gasteiger partial charge is 0.508 e. The number of carbonyl (C=O) groups is 1. The van der Waals surface area contributed by atoms with Crippen LogP contribution >= 0.6 is 11.6 Å². The quantitative estimate of drug-likeness (QED) is 0.752. The van der Waals surface area contributed by atoms with E-state index in [2.05, 4.69) is 5.32 Å². The van der Waals surface area contributed by atoms with Gasteiger partial charge in [0.25, 0.3) is 0 Å². The molecule has 1 amide bonds. The number of carbonyl (C=O) groups excluding carboxylic acids is 1. The van der Waals surface area contributed by atoms with E-state index < -0.39 is 11.5 Å². The minimum absolute atomic E-state index is 0.163. The van der Waals surface area contributed by atoms with Crippen LogP contribution in [0.5, 0.6) is 5.75 Å². The molecular formula is C19H22ClNO3. The molecule has 0 fully saturated rings. The maximum Gasteiger partial charge on any atom is 0.230 e. The summed E-state index contributed by atoms with van der Waals surface area (Å²) in [6.07, 6.45) is 0.485. The molecule has 0 unspecified atom stereocenters. The fourth-order valence-corrected chi connectivity index (χ4v) is 2.57. The van der Waals surface area contributed by atoms with E-state index >= 15 is 0 Å². The van der Waals surface area contributed by atoms with E-state index in [1.807, 2.05) is 26.0 Å². The summed E-state index contributed by atoms with van der Waals surface area (Å²) in [6.45, 7) is 3.50. The second-order valence-corrected chi connectivity index (χ2v) is 6.79. The summed E-state index contributed by atoms with van der Waals surface area (Å²) in [5.74, 6) is 0.0230. The van der Waals surface area contributed by atoms with Gasteiger partial charge in [-0.3, -0.25) is 4.79 Å². The van der Waals surface area contributed by atoms with Crippen LogP contribution in [0.25, 0.3) is 0 Å². The third-order valence-electron chi connectivity index (χ3n) is 4.11. The molecule has 0 aliphatic heterocycles. The first-order valence-corrected chi connectivity index (χ1v) is 8.16. The van der Waals surface area contributed by atoms with Crippen LogP contribution in [-0.4, -0.2) is 28.8 Å². The monoisotopic (exact) mass is 347 g/mol. The Bertz CT molecular complexity index is 681. The van der Waals surface area contributed by atoms with E-state index in [0.717, 1.165) is 11.1 Å². The van der Waals surface area contributed by atoms with Crippen molar-refractivity contribution in [2.75, 3.05) is 6.61 Å². The number of hydrogen-bond acceptors (Lipinski definition) is 3. The summed E-state index contributed by atoms with van der Waals surface area (Å²) in [7, 11) is 0. The second-order valence-electron chi connectivity index (χ2n) is 6.36. The lowest BCUT2D eigenvalue weighted by Crippen LogP contribution is -2.47. The van der Waals surface area contributed by atoms with Crippen molar-refractivity contribution in [1.29, 1.82) is 0 Å². The standard InChI is InChI=1S/C19H22ClNO3/c1-19(2,14-5-7-15(20)8-6-14)18(24)21-16(12-22)11-13-3-9-17(23)10-4-13/h3-10,16,22-23H,11-12H2,1-2H3,(H,21,24)/t16-/m0/s1. The van der Waals surface area contributed by atoms with Gasteiger partial charge in [0.15, 0.2) is 0 Å². The molecule has 5 heteroatoms. The first-order valence-electron chi connectivity index (χ1n) is 7.78. The Morgan fingerprint density at radius 3 is 2.25 bits per heavy atom. The molecule has 0 spiro atoms. The fourth-order valence-electron chi connectivity index (χ4n) is 2.44. The molecule has 2 aromatic carbocycles. The Labute approximate surface area is 147 Å². The summed E-state index contributed by atoms with van der Waals surface area (Å²) in [6, 6.07) is 13.5. The molecule has 0 aromatic heterocycles. The molecular weight excluding hydrogens is 326 g/mol. The van der Waals surface area contributed by atoms with Crippen molar-refractivity contribution in [2.24, 2.45) is 0 Å². The Balaban J connectivity index is 2.07. The van der Waals surface area contributed by atoms with E-state index in [4.69, 9.17) is 11.6 Å². The zero-order valence-corrected chi connectivity index (χ0v) is 14.5. The summed E-state index contributed by atoms with van der Waals surface area (Å²) in [4.78, 5) is 12.7. The molecule has 24 heavy (non-hydrogen) atoms. The predicted molar refractivity (Wildman–Crippen MR) is 95.3 cm³/mol. The first kappa shape index (κ1) is 18.3. The third kappa shape index (κ3) is 4.49. The summed E-state index contributed by atoms with van der Waals surface area (Å²) in [5, 5.41) is 22.4. The lowest BCUT2D eigenvalue weighted by atomic mass is 9.83. The van der Waals surface area contributed by atoms with Crippen LogP contribution in [0.15, 0.2) is 48.5 Å². The van der Waals surface area contributed by atoms with Gasteiger partial charge in [-0.2, -0.15) is 0 Å². The van der Waals surface area contributed by atoms with Crippen LogP contribution in [0.2, 0.25) is 5.02 Å². The van der Waals surface area contributed by atoms with Gasteiger partial charge in [-0.05, 0) is 55.7 Å². The van der Waals surface area contributed by atoms with Crippen molar-refractivity contribution in [3.8, 4) is 5.75 Å². The summed E-state index contributed by atoms with van der Waals surface area (Å²) >= 11 is 5.90. The van der Waals surface area contributed by atoms with Gasteiger partial charge in [0, 0.05) is 5.02 Å². The van der Waals surface area contributed by atoms with Crippen molar-refractivity contribution < 1.29 is 15.0 Å². The van der Waals surface area contributed by atoms with Crippen molar-refractivity contribution >= 4 is 17.5 Å². The third-order valence-corrected chi connectivity index (χ3v) is 4.36. The molecule has 0 saturated heterocycles. The maximum atomic E-state index is 12.7. The number of benzene rings is 2. The Morgan fingerprint density at radius 2 is 1.71 bits per heavy atom. The van der Waals surface area contributed by atoms with Crippen LogP contribution < -0.4 is 5.32 Å². The summed E-state index contributed by atoms with van der Waals surface area (Å²) < 4.78 is 0. The Morgan fingerprint density at radius 1 is 1.12 bits per heavy atom. The highest BCUT2D eigenvalue weighted by atomic mass is 35.5. The van der Waals surface area contributed by atoms with Gasteiger partial charge >= 0.3 is 0 Å². The van der Waals surface area contributed by atoms with Crippen LogP contribution in [0.4, 0.5) is 0 Å². The Kier molecular flexibility index (Phi) is 5.86. The number of nitrogens with one attached hydrogen (secondary N) is 1. The number of phenols is 1. The van der Waals surface area contributed by atoms with Crippen molar-refractivity contribution in [1.82, 2.24) is 5.32 Å². The zero-order valence-electron chi connectivity index (χ0n) is 13.8. The van der Waals surface area contributed by atoms with Crippen molar-refractivity contribution in [2.45, 2.75) is 31.7 Å². The number of aromatic hydroxyl groups is 1. The second kappa shape index (κ2) is 7.69. The minimum atomic E-state index is -0.743. The molecule has 0 bridgehead atoms. The number of phenolic OH excluding ortho intramolecular Hbond substituents is 1. The van der Waals surface area contributed by atoms with Gasteiger partial charge in [0.1, 0.15) is 5.75 Å². The van der Waals surface area contributed by atoms with Crippen LogP contribution in [-0.2, 0) is 16.6 Å². The SMILES string of the molecule is CC(C)(C(=O)N[C@H](CO)Cc1ccc(O)cc1)c1ccc(Cl)cc1. The number of amides is 1. The topological polar surface area (TPSA) is 69.6 Å². The molecule has 0 aliphatic rings. The molecule has 0 saturated carbocycles. The van der Waals surface area contributed by atoms with Crippen molar-refractivity contribution in [3.63, 3.8) is 0 Å². The molecule has 2 aromatic rings. The van der Waals surface area contributed by atoms with Gasteiger partial charge in [-0.15, -0.1) is 0 Å². The number of rotatable bonds is 6. The fraction of sp³-hybridized carbons (Fsp3) is 0.316. The maximum absolute atomic E-state index is 12.7.